The summed E-state index contributed by atoms with van der Waals surface area (Å²) in [4.78, 5) is 12.7. The third-order valence-corrected chi connectivity index (χ3v) is 4.15. The summed E-state index contributed by atoms with van der Waals surface area (Å²) < 4.78 is 10.8. The first-order valence-corrected chi connectivity index (χ1v) is 8.24. The van der Waals surface area contributed by atoms with Gasteiger partial charge in [0.15, 0.2) is 5.78 Å². The number of thioether (sulfide) groups is 1. The smallest absolute Gasteiger partial charge is 0.162 e. The number of Topliss-reactive ketones (excluding diaryl/α,β-unsaturated/α-hetero) is 1. The third-order valence-electron chi connectivity index (χ3n) is 3.18. The lowest BCUT2D eigenvalue weighted by atomic mass is 10.1. The van der Waals surface area contributed by atoms with Crippen LogP contribution in [0.1, 0.15) is 23.7 Å². The summed E-state index contributed by atoms with van der Waals surface area (Å²) in [6.07, 6.45) is 0.544. The van der Waals surface area contributed by atoms with Crippen molar-refractivity contribution in [2.24, 2.45) is 0 Å². The molecule has 0 heterocycles. The Labute approximate surface area is 135 Å². The first-order chi connectivity index (χ1) is 10.7. The Bertz CT molecular complexity index is 591. The summed E-state index contributed by atoms with van der Waals surface area (Å²) in [5.74, 6) is 2.70. The Kier molecular flexibility index (Phi) is 6.34. The first-order valence-electron chi connectivity index (χ1n) is 7.26. The molecule has 0 N–H and O–H groups in total. The summed E-state index contributed by atoms with van der Waals surface area (Å²) in [6.45, 7) is 2.51. The van der Waals surface area contributed by atoms with Gasteiger partial charge in [0.05, 0.1) is 13.7 Å². The molecule has 22 heavy (non-hydrogen) atoms. The number of carbonyl (C=O) groups is 1. The molecule has 2 rings (SSSR count). The van der Waals surface area contributed by atoms with Crippen molar-refractivity contribution < 1.29 is 14.3 Å². The van der Waals surface area contributed by atoms with Gasteiger partial charge in [0.1, 0.15) is 11.5 Å². The van der Waals surface area contributed by atoms with Crippen LogP contribution in [0.2, 0.25) is 0 Å². The van der Waals surface area contributed by atoms with Crippen molar-refractivity contribution in [1.82, 2.24) is 0 Å². The number of ketones is 1. The van der Waals surface area contributed by atoms with Gasteiger partial charge in [0.25, 0.3) is 0 Å². The fourth-order valence-corrected chi connectivity index (χ4v) is 2.66. The fourth-order valence-electron chi connectivity index (χ4n) is 1.93. The molecule has 0 spiro atoms. The second-order valence-electron chi connectivity index (χ2n) is 4.67. The highest BCUT2D eigenvalue weighted by Gasteiger charge is 2.02. The molecule has 2 aromatic rings. The lowest BCUT2D eigenvalue weighted by molar-refractivity contribution is 0.0988. The summed E-state index contributed by atoms with van der Waals surface area (Å²) in [6, 6.07) is 15.3. The highest BCUT2D eigenvalue weighted by molar-refractivity contribution is 7.99. The standard InChI is InChI=1S/C18H20O3S/c1-3-18(19)14-4-10-17(11-5-14)22-13-12-21-16-8-6-15(20-2)7-9-16/h4-11H,3,12-13H2,1-2H3. The number of ether oxygens (including phenoxy) is 2. The van der Waals surface area contributed by atoms with Crippen LogP contribution in [0.4, 0.5) is 0 Å². The molecule has 0 amide bonds. The Balaban J connectivity index is 1.75. The zero-order valence-corrected chi connectivity index (χ0v) is 13.7. The van der Waals surface area contributed by atoms with Crippen LogP contribution >= 0.6 is 11.8 Å². The van der Waals surface area contributed by atoms with E-state index in [4.69, 9.17) is 9.47 Å². The minimum Gasteiger partial charge on any atom is -0.497 e. The third kappa shape index (κ3) is 4.81. The first kappa shape index (κ1) is 16.4. The van der Waals surface area contributed by atoms with Crippen LogP contribution < -0.4 is 9.47 Å². The average Bonchev–Trinajstić information content (AvgIpc) is 2.59. The molecule has 116 valence electrons. The molecule has 0 aliphatic rings. The van der Waals surface area contributed by atoms with Crippen LogP contribution in [0.3, 0.4) is 0 Å². The molecule has 3 nitrogen and oxygen atoms in total. The molecule has 2 aromatic carbocycles. The van der Waals surface area contributed by atoms with Crippen LogP contribution in [-0.2, 0) is 0 Å². The van der Waals surface area contributed by atoms with Crippen molar-refractivity contribution in [2.45, 2.75) is 18.2 Å². The van der Waals surface area contributed by atoms with Crippen LogP contribution in [0.5, 0.6) is 11.5 Å². The van der Waals surface area contributed by atoms with E-state index in [1.54, 1.807) is 18.9 Å². The topological polar surface area (TPSA) is 35.5 Å². The van der Waals surface area contributed by atoms with Gasteiger partial charge in [-0.2, -0.15) is 0 Å². The number of hydrogen-bond donors (Lipinski definition) is 0. The highest BCUT2D eigenvalue weighted by atomic mass is 32.2. The van der Waals surface area contributed by atoms with Gasteiger partial charge in [-0.15, -0.1) is 11.8 Å². The van der Waals surface area contributed by atoms with E-state index >= 15 is 0 Å². The maximum absolute atomic E-state index is 11.6. The highest BCUT2D eigenvalue weighted by Crippen LogP contribution is 2.20. The van der Waals surface area contributed by atoms with Crippen molar-refractivity contribution in [3.05, 3.63) is 54.1 Å². The number of methoxy groups -OCH3 is 1. The second-order valence-corrected chi connectivity index (χ2v) is 5.84. The van der Waals surface area contributed by atoms with Crippen LogP contribution in [0.25, 0.3) is 0 Å². The molecule has 0 saturated heterocycles. The Hall–Kier alpha value is -1.94. The van der Waals surface area contributed by atoms with Crippen molar-refractivity contribution >= 4 is 17.5 Å². The molecule has 0 aliphatic heterocycles. The van der Waals surface area contributed by atoms with Gasteiger partial charge in [-0.3, -0.25) is 4.79 Å². The van der Waals surface area contributed by atoms with E-state index in [1.807, 2.05) is 55.5 Å². The summed E-state index contributed by atoms with van der Waals surface area (Å²) in [5, 5.41) is 0. The van der Waals surface area contributed by atoms with Crippen LogP contribution in [-0.4, -0.2) is 25.3 Å². The zero-order chi connectivity index (χ0) is 15.8. The largest absolute Gasteiger partial charge is 0.497 e. The van der Waals surface area contributed by atoms with Crippen LogP contribution in [0.15, 0.2) is 53.4 Å². The number of benzene rings is 2. The predicted octanol–water partition coefficient (Wildman–Crippen LogP) is 4.46. The number of rotatable bonds is 8. The lowest BCUT2D eigenvalue weighted by Crippen LogP contribution is -2.00. The molecule has 0 saturated carbocycles. The van der Waals surface area contributed by atoms with Gasteiger partial charge >= 0.3 is 0 Å². The minimum atomic E-state index is 0.180. The average molecular weight is 316 g/mol. The monoisotopic (exact) mass is 316 g/mol. The molecule has 0 aromatic heterocycles. The molecule has 0 radical (unpaired) electrons. The second kappa shape index (κ2) is 8.49. The zero-order valence-electron chi connectivity index (χ0n) is 12.9. The van der Waals surface area contributed by atoms with E-state index in [0.29, 0.717) is 13.0 Å². The molecule has 0 bridgehead atoms. The molecular formula is C18H20O3S. The molecule has 0 fully saturated rings. The van der Waals surface area contributed by atoms with E-state index in [1.165, 1.54) is 0 Å². The van der Waals surface area contributed by atoms with Crippen LogP contribution in [0, 0.1) is 0 Å². The maximum atomic E-state index is 11.6. The Morgan fingerprint density at radius 1 is 1.00 bits per heavy atom. The van der Waals surface area contributed by atoms with E-state index in [0.717, 1.165) is 27.7 Å². The number of hydrogen-bond acceptors (Lipinski definition) is 4. The normalized spacial score (nSPS) is 10.3. The molecular weight excluding hydrogens is 296 g/mol. The molecule has 0 aliphatic carbocycles. The Morgan fingerprint density at radius 2 is 1.64 bits per heavy atom. The maximum Gasteiger partial charge on any atom is 0.162 e. The number of carbonyl (C=O) groups excluding carboxylic acids is 1. The van der Waals surface area contributed by atoms with Gasteiger partial charge in [0, 0.05) is 22.6 Å². The van der Waals surface area contributed by atoms with Gasteiger partial charge in [0.2, 0.25) is 0 Å². The van der Waals surface area contributed by atoms with Crippen molar-refractivity contribution in [1.29, 1.82) is 0 Å². The molecule has 0 atom stereocenters. The SMILES string of the molecule is CCC(=O)c1ccc(SCCOc2ccc(OC)cc2)cc1. The van der Waals surface area contributed by atoms with Gasteiger partial charge < -0.3 is 9.47 Å². The van der Waals surface area contributed by atoms with Gasteiger partial charge in [-0.1, -0.05) is 19.1 Å². The van der Waals surface area contributed by atoms with Crippen molar-refractivity contribution in [3.8, 4) is 11.5 Å². The van der Waals surface area contributed by atoms with Crippen molar-refractivity contribution in [3.63, 3.8) is 0 Å². The quantitative estimate of drug-likeness (QED) is 0.409. The van der Waals surface area contributed by atoms with E-state index < -0.39 is 0 Å². The summed E-state index contributed by atoms with van der Waals surface area (Å²) in [7, 11) is 1.64. The minimum absolute atomic E-state index is 0.180. The predicted molar refractivity (Wildman–Crippen MR) is 90.3 cm³/mol. The lowest BCUT2D eigenvalue weighted by Gasteiger charge is -2.07. The van der Waals surface area contributed by atoms with Gasteiger partial charge in [-0.25, -0.2) is 0 Å². The van der Waals surface area contributed by atoms with Gasteiger partial charge in [-0.05, 0) is 36.4 Å². The Morgan fingerprint density at radius 3 is 2.23 bits per heavy atom. The fraction of sp³-hybridized carbons (Fsp3) is 0.278. The summed E-state index contributed by atoms with van der Waals surface area (Å²) in [5.41, 5.74) is 0.779. The molecule has 4 heteroatoms. The molecule has 0 unspecified atom stereocenters. The summed E-state index contributed by atoms with van der Waals surface area (Å²) >= 11 is 1.71. The van der Waals surface area contributed by atoms with E-state index in [9.17, 15) is 4.79 Å². The van der Waals surface area contributed by atoms with E-state index in [-0.39, 0.29) is 5.78 Å². The van der Waals surface area contributed by atoms with E-state index in [2.05, 4.69) is 0 Å². The van der Waals surface area contributed by atoms with Crippen molar-refractivity contribution in [2.75, 3.05) is 19.5 Å².